The molecular weight excluding hydrogens is 115 g/mol. The summed E-state index contributed by atoms with van der Waals surface area (Å²) in [6, 6.07) is 1.91. The van der Waals surface area contributed by atoms with E-state index in [4.69, 9.17) is 1.37 Å². The summed E-state index contributed by atoms with van der Waals surface area (Å²) in [5, 5.41) is 0. The smallest absolute Gasteiger partial charge is 0.0676 e. The van der Waals surface area contributed by atoms with Crippen LogP contribution in [-0.4, -0.2) is 0 Å². The highest BCUT2D eigenvalue weighted by Gasteiger charge is 1.84. The summed E-state index contributed by atoms with van der Waals surface area (Å²) in [4.78, 5) is 0. The normalized spacial score (nSPS) is 12.0. The van der Waals surface area contributed by atoms with Gasteiger partial charge in [0, 0.05) is 0 Å². The van der Waals surface area contributed by atoms with E-state index >= 15 is 0 Å². The Morgan fingerprint density at radius 1 is 1.50 bits per heavy atom. The van der Waals surface area contributed by atoms with E-state index < -0.39 is 0 Å². The average molecular weight is 125 g/mol. The van der Waals surface area contributed by atoms with Gasteiger partial charge in [0.2, 0.25) is 0 Å². The lowest BCUT2D eigenvalue weighted by Gasteiger charge is -1.92. The second kappa shape index (κ2) is 2.28. The molecule has 0 unspecified atom stereocenters. The first-order valence-electron chi connectivity index (χ1n) is 3.10. The van der Waals surface area contributed by atoms with E-state index in [1.54, 1.807) is 0 Å². The van der Waals surface area contributed by atoms with Crippen molar-refractivity contribution in [3.05, 3.63) is 28.8 Å². The molecule has 0 nitrogen and oxygen atoms in total. The molecule has 0 spiro atoms. The molecular formula is C7H9P. The summed E-state index contributed by atoms with van der Waals surface area (Å²) in [5.74, 6) is 2.76. The molecule has 0 bridgehead atoms. The number of hydrogen-bond donors (Lipinski definition) is 0. The molecule has 0 aliphatic carbocycles. The predicted octanol–water partition coefficient (Wildman–Crippen LogP) is 2.88. The molecule has 1 aromatic rings. The van der Waals surface area contributed by atoms with Gasteiger partial charge in [-0.05, 0) is 36.5 Å². The van der Waals surface area contributed by atoms with E-state index in [0.717, 1.165) is 8.19 Å². The second-order valence-corrected chi connectivity index (χ2v) is 2.67. The van der Waals surface area contributed by atoms with Crippen molar-refractivity contribution in [1.82, 2.24) is 0 Å². The third-order valence-corrected chi connectivity index (χ3v) is 2.03. The minimum Gasteiger partial charge on any atom is -0.0762 e. The number of aryl methyl sites for hydroxylation is 2. The molecule has 1 rings (SSSR count). The van der Waals surface area contributed by atoms with Crippen LogP contribution in [0.4, 0.5) is 0 Å². The summed E-state index contributed by atoms with van der Waals surface area (Å²) >= 11 is 0. The molecule has 0 amide bonds. The third-order valence-electron chi connectivity index (χ3n) is 1.24. The van der Waals surface area contributed by atoms with Crippen molar-refractivity contribution >= 4 is 8.19 Å². The van der Waals surface area contributed by atoms with Crippen LogP contribution in [0.25, 0.3) is 0 Å². The first-order chi connectivity index (χ1) is 4.20. The van der Waals surface area contributed by atoms with Gasteiger partial charge in [0.15, 0.2) is 0 Å². The van der Waals surface area contributed by atoms with Crippen molar-refractivity contribution in [3.8, 4) is 0 Å². The predicted molar refractivity (Wildman–Crippen MR) is 38.4 cm³/mol. The number of hydrogen-bond acceptors (Lipinski definition) is 0. The first-order valence-corrected chi connectivity index (χ1v) is 3.56. The largest absolute Gasteiger partial charge is 0.0762 e. The SMILES string of the molecule is [2H]c1cc(C)c(C)cp1. The molecule has 1 heteroatoms. The lowest BCUT2D eigenvalue weighted by molar-refractivity contribution is 1.38. The molecule has 1 heterocycles. The highest BCUT2D eigenvalue weighted by Crippen LogP contribution is 2.11. The van der Waals surface area contributed by atoms with Crippen molar-refractivity contribution in [1.29, 1.82) is 0 Å². The maximum Gasteiger partial charge on any atom is 0.0676 e. The summed E-state index contributed by atoms with van der Waals surface area (Å²) < 4.78 is 7.28. The zero-order chi connectivity index (χ0) is 6.85. The van der Waals surface area contributed by atoms with Crippen molar-refractivity contribution in [2.45, 2.75) is 13.8 Å². The van der Waals surface area contributed by atoms with Gasteiger partial charge in [-0.25, -0.2) is 0 Å². The van der Waals surface area contributed by atoms with Gasteiger partial charge < -0.3 is 0 Å². The van der Waals surface area contributed by atoms with E-state index in [1.165, 1.54) is 11.1 Å². The summed E-state index contributed by atoms with van der Waals surface area (Å²) in [7, 11) is 1.03. The highest BCUT2D eigenvalue weighted by atomic mass is 31.0. The van der Waals surface area contributed by atoms with Crippen LogP contribution < -0.4 is 0 Å². The fourth-order valence-electron chi connectivity index (χ4n) is 0.484. The Kier molecular flexibility index (Phi) is 1.29. The molecule has 0 aliphatic heterocycles. The minimum absolute atomic E-state index is 0.693. The van der Waals surface area contributed by atoms with Gasteiger partial charge in [-0.1, -0.05) is 14.3 Å². The third kappa shape index (κ3) is 1.08. The zero-order valence-corrected chi connectivity index (χ0v) is 6.00. The lowest BCUT2D eigenvalue weighted by atomic mass is 10.2. The standard InChI is InChI=1S/C7H9P/c1-6-3-4-8-5-7(6)2/h3-5H,1-2H3/i4D. The monoisotopic (exact) mass is 125 g/mol. The highest BCUT2D eigenvalue weighted by molar-refractivity contribution is 7.28. The van der Waals surface area contributed by atoms with Crippen LogP contribution in [0.2, 0.25) is 0 Å². The van der Waals surface area contributed by atoms with Gasteiger partial charge in [-0.2, -0.15) is 0 Å². The fourth-order valence-corrected chi connectivity index (χ4v) is 1.22. The average Bonchev–Trinajstić information content (AvgIpc) is 1.80. The van der Waals surface area contributed by atoms with Crippen LogP contribution in [0.3, 0.4) is 0 Å². The van der Waals surface area contributed by atoms with Gasteiger partial charge in [-0.3, -0.25) is 0 Å². The Hall–Kier alpha value is -0.350. The van der Waals surface area contributed by atoms with Crippen LogP contribution in [0.15, 0.2) is 17.6 Å². The van der Waals surface area contributed by atoms with E-state index in [-0.39, 0.29) is 0 Å². The van der Waals surface area contributed by atoms with Gasteiger partial charge in [0.05, 0.1) is 1.37 Å². The molecule has 0 fully saturated rings. The summed E-state index contributed by atoms with van der Waals surface area (Å²) in [5.41, 5.74) is 2.52. The Morgan fingerprint density at radius 3 is 2.75 bits per heavy atom. The maximum absolute atomic E-state index is 7.28. The molecule has 0 saturated heterocycles. The molecule has 0 saturated carbocycles. The van der Waals surface area contributed by atoms with Gasteiger partial charge in [0.25, 0.3) is 0 Å². The van der Waals surface area contributed by atoms with Gasteiger partial charge >= 0.3 is 0 Å². The Bertz CT molecular complexity index is 220. The van der Waals surface area contributed by atoms with Gasteiger partial charge in [0.1, 0.15) is 0 Å². The molecule has 0 N–H and O–H groups in total. The van der Waals surface area contributed by atoms with E-state index in [1.807, 2.05) is 13.0 Å². The quantitative estimate of drug-likeness (QED) is 0.500. The van der Waals surface area contributed by atoms with Crippen LogP contribution in [0.1, 0.15) is 12.5 Å². The molecule has 0 atom stereocenters. The van der Waals surface area contributed by atoms with Crippen LogP contribution in [0, 0.1) is 13.8 Å². The van der Waals surface area contributed by atoms with E-state index in [2.05, 4.69) is 12.7 Å². The van der Waals surface area contributed by atoms with Crippen LogP contribution in [0.5, 0.6) is 0 Å². The molecule has 0 aromatic carbocycles. The van der Waals surface area contributed by atoms with Crippen molar-refractivity contribution in [2.24, 2.45) is 0 Å². The molecule has 1 aromatic heterocycles. The molecule has 0 aliphatic rings. The lowest BCUT2D eigenvalue weighted by Crippen LogP contribution is -1.72. The number of rotatable bonds is 0. The van der Waals surface area contributed by atoms with Crippen molar-refractivity contribution < 1.29 is 1.37 Å². The first kappa shape index (κ1) is 4.52. The summed E-state index contributed by atoms with van der Waals surface area (Å²) in [6.07, 6.45) is 0. The minimum atomic E-state index is 0.693. The van der Waals surface area contributed by atoms with E-state index in [0.29, 0.717) is 5.77 Å². The van der Waals surface area contributed by atoms with Crippen LogP contribution >= 0.6 is 8.19 Å². The molecule has 8 heavy (non-hydrogen) atoms. The second-order valence-electron chi connectivity index (χ2n) is 1.90. The molecule has 0 radical (unpaired) electrons. The Morgan fingerprint density at radius 2 is 2.25 bits per heavy atom. The Labute approximate surface area is 53.1 Å². The summed E-state index contributed by atoms with van der Waals surface area (Å²) in [6.45, 7) is 4.11. The van der Waals surface area contributed by atoms with E-state index in [9.17, 15) is 0 Å². The van der Waals surface area contributed by atoms with Crippen LogP contribution in [-0.2, 0) is 0 Å². The van der Waals surface area contributed by atoms with Crippen molar-refractivity contribution in [2.75, 3.05) is 0 Å². The zero-order valence-electron chi connectivity index (χ0n) is 6.10. The molecule has 42 valence electrons. The van der Waals surface area contributed by atoms with Gasteiger partial charge in [-0.15, -0.1) is 0 Å². The van der Waals surface area contributed by atoms with Crippen molar-refractivity contribution in [3.63, 3.8) is 0 Å². The fraction of sp³-hybridized carbons (Fsp3) is 0.286. The Balaban J connectivity index is 3.17. The topological polar surface area (TPSA) is 0 Å². The maximum atomic E-state index is 7.28.